The number of rotatable bonds is 11. The van der Waals surface area contributed by atoms with Crippen molar-refractivity contribution in [2.75, 3.05) is 26.9 Å². The third-order valence-corrected chi connectivity index (χ3v) is 4.40. The average molecular weight is 403 g/mol. The molecule has 2 rings (SSSR count). The first-order valence-corrected chi connectivity index (χ1v) is 9.88. The highest BCUT2D eigenvalue weighted by atomic mass is 19.1. The predicted octanol–water partition coefficient (Wildman–Crippen LogP) is 4.01. The molecule has 0 aliphatic carbocycles. The predicted molar refractivity (Wildman–Crippen MR) is 113 cm³/mol. The minimum Gasteiger partial charge on any atom is -0.493 e. The normalized spacial score (nSPS) is 11.0. The van der Waals surface area contributed by atoms with E-state index in [1.165, 1.54) is 19.1 Å². The van der Waals surface area contributed by atoms with E-state index in [9.17, 15) is 9.18 Å². The first-order chi connectivity index (χ1) is 13.9. The van der Waals surface area contributed by atoms with Gasteiger partial charge in [0.1, 0.15) is 12.4 Å². The number of ether oxygens (including phenoxy) is 2. The summed E-state index contributed by atoms with van der Waals surface area (Å²) < 4.78 is 24.6. The Labute approximate surface area is 172 Å². The topological polar surface area (TPSA) is 50.8 Å². The molecule has 0 aliphatic rings. The van der Waals surface area contributed by atoms with Gasteiger partial charge in [0, 0.05) is 20.0 Å². The van der Waals surface area contributed by atoms with Gasteiger partial charge in [0.15, 0.2) is 11.5 Å². The summed E-state index contributed by atoms with van der Waals surface area (Å²) in [4.78, 5) is 13.5. The number of nitrogens with one attached hydrogen (secondary N) is 1. The largest absolute Gasteiger partial charge is 0.493 e. The second-order valence-electron chi connectivity index (χ2n) is 7.52. The van der Waals surface area contributed by atoms with Crippen LogP contribution in [0.1, 0.15) is 31.9 Å². The van der Waals surface area contributed by atoms with Gasteiger partial charge in [-0.25, -0.2) is 4.39 Å². The molecule has 158 valence electrons. The smallest absolute Gasteiger partial charge is 0.217 e. The van der Waals surface area contributed by atoms with Gasteiger partial charge in [0.25, 0.3) is 0 Å². The van der Waals surface area contributed by atoms with Gasteiger partial charge >= 0.3 is 0 Å². The molecule has 0 fully saturated rings. The zero-order valence-corrected chi connectivity index (χ0v) is 17.7. The Morgan fingerprint density at radius 2 is 1.93 bits per heavy atom. The number of carbonyl (C=O) groups excluding carboxylic acids is 1. The van der Waals surface area contributed by atoms with E-state index in [2.05, 4.69) is 24.1 Å². The third kappa shape index (κ3) is 8.11. The second-order valence-corrected chi connectivity index (χ2v) is 7.52. The van der Waals surface area contributed by atoms with Gasteiger partial charge in [-0.05, 0) is 47.7 Å². The van der Waals surface area contributed by atoms with E-state index in [4.69, 9.17) is 9.47 Å². The number of carbonyl (C=O) groups is 1. The Morgan fingerprint density at radius 1 is 1.14 bits per heavy atom. The first kappa shape index (κ1) is 22.7. The fourth-order valence-corrected chi connectivity index (χ4v) is 3.04. The first-order valence-electron chi connectivity index (χ1n) is 9.88. The highest BCUT2D eigenvalue weighted by Crippen LogP contribution is 2.29. The Hall–Kier alpha value is -2.60. The summed E-state index contributed by atoms with van der Waals surface area (Å²) in [6, 6.07) is 12.2. The minimum atomic E-state index is -0.279. The van der Waals surface area contributed by atoms with E-state index in [1.54, 1.807) is 13.2 Å². The van der Waals surface area contributed by atoms with Gasteiger partial charge in [-0.3, -0.25) is 9.69 Å². The van der Waals surface area contributed by atoms with Crippen LogP contribution in [0, 0.1) is 11.7 Å². The molecule has 29 heavy (non-hydrogen) atoms. The zero-order valence-electron chi connectivity index (χ0n) is 17.7. The number of benzene rings is 2. The molecule has 1 N–H and O–H groups in total. The number of hydrogen-bond acceptors (Lipinski definition) is 4. The van der Waals surface area contributed by atoms with E-state index in [1.807, 2.05) is 24.3 Å². The van der Waals surface area contributed by atoms with Gasteiger partial charge in [0.05, 0.1) is 13.8 Å². The molecule has 5 nitrogen and oxygen atoms in total. The molecule has 0 heterocycles. The molecule has 0 aliphatic heterocycles. The molecule has 2 aromatic carbocycles. The van der Waals surface area contributed by atoms with Crippen LogP contribution in [-0.4, -0.2) is 37.7 Å². The summed E-state index contributed by atoms with van der Waals surface area (Å²) in [5.41, 5.74) is 1.88. The van der Waals surface area contributed by atoms with Crippen LogP contribution in [0.25, 0.3) is 0 Å². The summed E-state index contributed by atoms with van der Waals surface area (Å²) in [6.07, 6.45) is 0.826. The standard InChI is InChI=1S/C23H31FN2O3/c1-17(2)14-26(16-25-18(3)27)11-10-19-8-9-22(23(13-19)28-4)29-15-20-6-5-7-21(24)12-20/h5-9,12-13,17H,10-11,14-16H2,1-4H3,(H,25,27). The number of hydrogen-bond donors (Lipinski definition) is 1. The van der Waals surface area contributed by atoms with Crippen molar-refractivity contribution < 1.29 is 18.7 Å². The summed E-state index contributed by atoms with van der Waals surface area (Å²) >= 11 is 0. The molecule has 0 radical (unpaired) electrons. The Kier molecular flexibility index (Phi) is 8.93. The molecular formula is C23H31FN2O3. The lowest BCUT2D eigenvalue weighted by Gasteiger charge is -2.24. The maximum Gasteiger partial charge on any atom is 0.217 e. The molecule has 0 bridgehead atoms. The Bertz CT molecular complexity index is 795. The van der Waals surface area contributed by atoms with Crippen LogP contribution in [0.3, 0.4) is 0 Å². The van der Waals surface area contributed by atoms with Crippen molar-refractivity contribution in [3.63, 3.8) is 0 Å². The number of nitrogens with zero attached hydrogens (tertiary/aromatic N) is 1. The number of methoxy groups -OCH3 is 1. The van der Waals surface area contributed by atoms with E-state index < -0.39 is 0 Å². The maximum absolute atomic E-state index is 13.3. The fourth-order valence-electron chi connectivity index (χ4n) is 3.04. The molecule has 0 saturated heterocycles. The average Bonchev–Trinajstić information content (AvgIpc) is 2.68. The molecule has 2 aromatic rings. The summed E-state index contributed by atoms with van der Waals surface area (Å²) in [5.74, 6) is 1.48. The van der Waals surface area contributed by atoms with Crippen LogP contribution in [0.5, 0.6) is 11.5 Å². The molecule has 0 atom stereocenters. The van der Waals surface area contributed by atoms with Gasteiger partial charge in [-0.2, -0.15) is 0 Å². The van der Waals surface area contributed by atoms with E-state index >= 15 is 0 Å². The van der Waals surface area contributed by atoms with Gasteiger partial charge in [0.2, 0.25) is 5.91 Å². The maximum atomic E-state index is 13.3. The van der Waals surface area contributed by atoms with Crippen LogP contribution in [0.15, 0.2) is 42.5 Å². The molecule has 0 spiro atoms. The van der Waals surface area contributed by atoms with Crippen LogP contribution in [0.4, 0.5) is 4.39 Å². The lowest BCUT2D eigenvalue weighted by molar-refractivity contribution is -0.119. The van der Waals surface area contributed by atoms with Crippen molar-refractivity contribution in [2.24, 2.45) is 5.92 Å². The van der Waals surface area contributed by atoms with Gasteiger partial charge in [-0.1, -0.05) is 32.0 Å². The lowest BCUT2D eigenvalue weighted by atomic mass is 10.1. The van der Waals surface area contributed by atoms with Crippen molar-refractivity contribution >= 4 is 5.91 Å². The third-order valence-electron chi connectivity index (χ3n) is 4.40. The van der Waals surface area contributed by atoms with Crippen LogP contribution in [-0.2, 0) is 17.8 Å². The van der Waals surface area contributed by atoms with Crippen molar-refractivity contribution in [3.8, 4) is 11.5 Å². The quantitative estimate of drug-likeness (QED) is 0.577. The minimum absolute atomic E-state index is 0.0276. The van der Waals surface area contributed by atoms with E-state index in [0.29, 0.717) is 24.1 Å². The van der Waals surface area contributed by atoms with E-state index in [0.717, 1.165) is 30.6 Å². The summed E-state index contributed by atoms with van der Waals surface area (Å²) in [7, 11) is 1.61. The Balaban J connectivity index is 1.98. The monoisotopic (exact) mass is 402 g/mol. The molecule has 1 amide bonds. The van der Waals surface area contributed by atoms with E-state index in [-0.39, 0.29) is 18.3 Å². The number of amides is 1. The van der Waals surface area contributed by atoms with Gasteiger partial charge in [-0.15, -0.1) is 0 Å². The fraction of sp³-hybridized carbons (Fsp3) is 0.435. The number of halogens is 1. The van der Waals surface area contributed by atoms with Crippen molar-refractivity contribution in [1.82, 2.24) is 10.2 Å². The highest BCUT2D eigenvalue weighted by molar-refractivity contribution is 5.72. The van der Waals surface area contributed by atoms with Crippen LogP contribution < -0.4 is 14.8 Å². The van der Waals surface area contributed by atoms with Crippen molar-refractivity contribution in [2.45, 2.75) is 33.8 Å². The summed E-state index contributed by atoms with van der Waals surface area (Å²) in [6.45, 7) is 8.40. The summed E-state index contributed by atoms with van der Waals surface area (Å²) in [5, 5.41) is 2.87. The van der Waals surface area contributed by atoms with Crippen molar-refractivity contribution in [3.05, 3.63) is 59.4 Å². The Morgan fingerprint density at radius 3 is 2.59 bits per heavy atom. The lowest BCUT2D eigenvalue weighted by Crippen LogP contribution is -2.39. The van der Waals surface area contributed by atoms with Crippen molar-refractivity contribution in [1.29, 1.82) is 0 Å². The second kappa shape index (κ2) is 11.4. The molecule has 0 unspecified atom stereocenters. The van der Waals surface area contributed by atoms with Gasteiger partial charge < -0.3 is 14.8 Å². The molecule has 0 saturated carbocycles. The van der Waals surface area contributed by atoms with Crippen LogP contribution >= 0.6 is 0 Å². The SMILES string of the molecule is COc1cc(CCN(CNC(C)=O)CC(C)C)ccc1OCc1cccc(F)c1. The molecule has 0 aromatic heterocycles. The zero-order chi connectivity index (χ0) is 21.2. The highest BCUT2D eigenvalue weighted by Gasteiger charge is 2.11. The molecular weight excluding hydrogens is 371 g/mol. The van der Waals surface area contributed by atoms with Crippen LogP contribution in [0.2, 0.25) is 0 Å². The molecule has 6 heteroatoms.